The number of rotatable bonds is 4. The van der Waals surface area contributed by atoms with Gasteiger partial charge in [0.2, 0.25) is 0 Å². The minimum absolute atomic E-state index is 0.701. The lowest BCUT2D eigenvalue weighted by molar-refractivity contribution is 0.0786. The standard InChI is InChI=1S/C17H28N2S/c1-3-9-18-14-7-10-19(13(2)12-14)16-5-4-6-17-15(16)8-11-20-17/h8,11,13-14,16,18H,3-7,9-10,12H2,1-2H3. The summed E-state index contributed by atoms with van der Waals surface area (Å²) >= 11 is 1.97. The van der Waals surface area contributed by atoms with Gasteiger partial charge in [-0.15, -0.1) is 11.3 Å². The summed E-state index contributed by atoms with van der Waals surface area (Å²) in [5.41, 5.74) is 1.65. The number of nitrogens with zero attached hydrogens (tertiary/aromatic N) is 1. The van der Waals surface area contributed by atoms with Crippen LogP contribution in [0.1, 0.15) is 62.4 Å². The van der Waals surface area contributed by atoms with Crippen molar-refractivity contribution in [2.24, 2.45) is 0 Å². The second-order valence-corrected chi connectivity index (χ2v) is 7.47. The topological polar surface area (TPSA) is 15.3 Å². The normalized spacial score (nSPS) is 31.2. The molecule has 0 aromatic carbocycles. The Morgan fingerprint density at radius 1 is 1.40 bits per heavy atom. The lowest BCUT2D eigenvalue weighted by Crippen LogP contribution is -2.49. The van der Waals surface area contributed by atoms with Gasteiger partial charge < -0.3 is 5.32 Å². The first-order valence-electron chi connectivity index (χ1n) is 8.35. The monoisotopic (exact) mass is 292 g/mol. The van der Waals surface area contributed by atoms with E-state index in [1.54, 1.807) is 10.4 Å². The van der Waals surface area contributed by atoms with Gasteiger partial charge in [0, 0.05) is 29.5 Å². The van der Waals surface area contributed by atoms with Gasteiger partial charge in [-0.1, -0.05) is 6.92 Å². The molecule has 0 bridgehead atoms. The van der Waals surface area contributed by atoms with Crippen LogP contribution < -0.4 is 5.32 Å². The van der Waals surface area contributed by atoms with Crippen molar-refractivity contribution in [3.05, 3.63) is 21.9 Å². The number of aryl methyl sites for hydroxylation is 1. The van der Waals surface area contributed by atoms with Crippen molar-refractivity contribution >= 4 is 11.3 Å². The lowest BCUT2D eigenvalue weighted by atomic mass is 9.88. The highest BCUT2D eigenvalue weighted by molar-refractivity contribution is 7.10. The third kappa shape index (κ3) is 2.95. The Morgan fingerprint density at radius 2 is 2.30 bits per heavy atom. The van der Waals surface area contributed by atoms with Crippen molar-refractivity contribution in [1.29, 1.82) is 0 Å². The molecule has 1 N–H and O–H groups in total. The highest BCUT2D eigenvalue weighted by Gasteiger charge is 2.33. The van der Waals surface area contributed by atoms with Gasteiger partial charge in [0.05, 0.1) is 0 Å². The van der Waals surface area contributed by atoms with E-state index >= 15 is 0 Å². The third-order valence-electron chi connectivity index (χ3n) is 5.03. The lowest BCUT2D eigenvalue weighted by Gasteiger charge is -2.44. The fourth-order valence-corrected chi connectivity index (χ4v) is 4.98. The minimum Gasteiger partial charge on any atom is -0.314 e. The van der Waals surface area contributed by atoms with E-state index in [1.165, 1.54) is 51.6 Å². The van der Waals surface area contributed by atoms with Gasteiger partial charge in [-0.3, -0.25) is 4.90 Å². The molecule has 1 fully saturated rings. The molecule has 3 unspecified atom stereocenters. The third-order valence-corrected chi connectivity index (χ3v) is 6.03. The molecule has 3 rings (SSSR count). The highest BCUT2D eigenvalue weighted by atomic mass is 32.1. The molecule has 1 aliphatic carbocycles. The minimum atomic E-state index is 0.701. The Bertz CT molecular complexity index is 428. The molecule has 20 heavy (non-hydrogen) atoms. The zero-order chi connectivity index (χ0) is 13.9. The molecule has 1 saturated heterocycles. The van der Waals surface area contributed by atoms with Crippen LogP contribution >= 0.6 is 11.3 Å². The quantitative estimate of drug-likeness (QED) is 0.903. The van der Waals surface area contributed by atoms with Crippen LogP contribution in [-0.4, -0.2) is 30.1 Å². The SMILES string of the molecule is CCCNC1CCN(C2CCCc3sccc32)C(C)C1. The Kier molecular flexibility index (Phi) is 4.79. The molecule has 2 heterocycles. The Balaban J connectivity index is 1.65. The number of hydrogen-bond acceptors (Lipinski definition) is 3. The molecule has 0 spiro atoms. The molecule has 1 aromatic heterocycles. The fourth-order valence-electron chi connectivity index (χ4n) is 3.99. The second kappa shape index (κ2) is 6.59. The Hall–Kier alpha value is -0.380. The number of fused-ring (bicyclic) bond motifs is 1. The maximum Gasteiger partial charge on any atom is 0.0362 e. The van der Waals surface area contributed by atoms with Crippen molar-refractivity contribution < 1.29 is 0 Å². The van der Waals surface area contributed by atoms with Crippen molar-refractivity contribution in [3.63, 3.8) is 0 Å². The molecular formula is C17H28N2S. The summed E-state index contributed by atoms with van der Waals surface area (Å²) in [5, 5.41) is 6.01. The summed E-state index contributed by atoms with van der Waals surface area (Å²) < 4.78 is 0. The predicted octanol–water partition coefficient (Wildman–Crippen LogP) is 3.98. The van der Waals surface area contributed by atoms with E-state index in [0.29, 0.717) is 12.1 Å². The number of thiophene rings is 1. The first kappa shape index (κ1) is 14.6. The van der Waals surface area contributed by atoms with Gasteiger partial charge in [-0.2, -0.15) is 0 Å². The van der Waals surface area contributed by atoms with Crippen molar-refractivity contribution in [3.8, 4) is 0 Å². The van der Waals surface area contributed by atoms with Crippen LogP contribution in [0.2, 0.25) is 0 Å². The van der Waals surface area contributed by atoms with Gasteiger partial charge in [0.25, 0.3) is 0 Å². The fraction of sp³-hybridized carbons (Fsp3) is 0.765. The zero-order valence-corrected chi connectivity index (χ0v) is 13.7. The van der Waals surface area contributed by atoms with E-state index < -0.39 is 0 Å². The van der Waals surface area contributed by atoms with E-state index in [1.807, 2.05) is 11.3 Å². The van der Waals surface area contributed by atoms with Gasteiger partial charge in [0.15, 0.2) is 0 Å². The number of likely N-dealkylation sites (tertiary alicyclic amines) is 1. The molecule has 3 atom stereocenters. The first-order chi connectivity index (χ1) is 9.79. The molecule has 1 aromatic rings. The average molecular weight is 292 g/mol. The molecule has 0 radical (unpaired) electrons. The zero-order valence-electron chi connectivity index (χ0n) is 12.9. The maximum atomic E-state index is 3.71. The van der Waals surface area contributed by atoms with E-state index in [2.05, 4.69) is 35.5 Å². The van der Waals surface area contributed by atoms with Crippen LogP contribution in [0.5, 0.6) is 0 Å². The van der Waals surface area contributed by atoms with Crippen LogP contribution in [0.4, 0.5) is 0 Å². The second-order valence-electron chi connectivity index (χ2n) is 6.47. The Morgan fingerprint density at radius 3 is 3.10 bits per heavy atom. The largest absolute Gasteiger partial charge is 0.314 e. The molecule has 112 valence electrons. The average Bonchev–Trinajstić information content (AvgIpc) is 2.94. The van der Waals surface area contributed by atoms with Gasteiger partial charge in [-0.05, 0) is 69.0 Å². The van der Waals surface area contributed by atoms with Crippen molar-refractivity contribution in [2.45, 2.75) is 70.5 Å². The van der Waals surface area contributed by atoms with Crippen LogP contribution in [0.15, 0.2) is 11.4 Å². The molecule has 2 aliphatic rings. The van der Waals surface area contributed by atoms with E-state index in [-0.39, 0.29) is 0 Å². The van der Waals surface area contributed by atoms with Crippen LogP contribution in [-0.2, 0) is 6.42 Å². The van der Waals surface area contributed by atoms with Crippen molar-refractivity contribution in [2.75, 3.05) is 13.1 Å². The summed E-state index contributed by atoms with van der Waals surface area (Å²) in [7, 11) is 0. The molecule has 3 heteroatoms. The summed E-state index contributed by atoms with van der Waals surface area (Å²) in [4.78, 5) is 4.44. The highest BCUT2D eigenvalue weighted by Crippen LogP contribution is 2.39. The van der Waals surface area contributed by atoms with E-state index in [0.717, 1.165) is 6.04 Å². The molecule has 0 amide bonds. The number of hydrogen-bond donors (Lipinski definition) is 1. The van der Waals surface area contributed by atoms with Gasteiger partial charge >= 0.3 is 0 Å². The number of piperidine rings is 1. The van der Waals surface area contributed by atoms with E-state index in [9.17, 15) is 0 Å². The molecule has 1 aliphatic heterocycles. The summed E-state index contributed by atoms with van der Waals surface area (Å²) in [6, 6.07) is 4.55. The predicted molar refractivity (Wildman–Crippen MR) is 87.5 cm³/mol. The summed E-state index contributed by atoms with van der Waals surface area (Å²) in [5.74, 6) is 0. The molecular weight excluding hydrogens is 264 g/mol. The molecule has 0 saturated carbocycles. The van der Waals surface area contributed by atoms with Gasteiger partial charge in [-0.25, -0.2) is 0 Å². The summed E-state index contributed by atoms with van der Waals surface area (Å²) in [6.07, 6.45) is 7.93. The Labute approximate surface area is 127 Å². The van der Waals surface area contributed by atoms with Gasteiger partial charge in [0.1, 0.15) is 0 Å². The summed E-state index contributed by atoms with van der Waals surface area (Å²) in [6.45, 7) is 7.13. The van der Waals surface area contributed by atoms with Crippen LogP contribution in [0, 0.1) is 0 Å². The first-order valence-corrected chi connectivity index (χ1v) is 9.23. The van der Waals surface area contributed by atoms with E-state index in [4.69, 9.17) is 0 Å². The smallest absolute Gasteiger partial charge is 0.0362 e. The van der Waals surface area contributed by atoms with Crippen LogP contribution in [0.25, 0.3) is 0 Å². The maximum absolute atomic E-state index is 3.71. The number of nitrogens with one attached hydrogen (secondary N) is 1. The van der Waals surface area contributed by atoms with Crippen molar-refractivity contribution in [1.82, 2.24) is 10.2 Å². The van der Waals surface area contributed by atoms with Crippen LogP contribution in [0.3, 0.4) is 0 Å². The molecule has 2 nitrogen and oxygen atoms in total.